The number of ether oxygens (including phenoxy) is 1. The van der Waals surface area contributed by atoms with Crippen molar-refractivity contribution < 1.29 is 13.9 Å². The predicted molar refractivity (Wildman–Crippen MR) is 62.2 cm³/mol. The van der Waals surface area contributed by atoms with E-state index < -0.39 is 11.8 Å². The number of nitrogen functional groups attached to an aromatic ring is 1. The summed E-state index contributed by atoms with van der Waals surface area (Å²) in [6, 6.07) is 0. The van der Waals surface area contributed by atoms with E-state index >= 15 is 0 Å². The van der Waals surface area contributed by atoms with Crippen molar-refractivity contribution in [2.45, 2.75) is 12.3 Å². The molecule has 0 amide bonds. The first kappa shape index (κ1) is 13.2. The number of hydrogen-bond donors (Lipinski definition) is 1. The van der Waals surface area contributed by atoms with Crippen LogP contribution in [0.2, 0.25) is 5.15 Å². The Balaban J connectivity index is 3.35. The second kappa shape index (κ2) is 5.45. The van der Waals surface area contributed by atoms with Crippen LogP contribution in [0.3, 0.4) is 0 Å². The largest absolute Gasteiger partial charge is 0.462 e. The van der Waals surface area contributed by atoms with E-state index in [4.69, 9.17) is 22.1 Å². The molecule has 7 heteroatoms. The molecule has 0 radical (unpaired) electrons. The third kappa shape index (κ3) is 2.44. The minimum absolute atomic E-state index is 0.0828. The summed E-state index contributed by atoms with van der Waals surface area (Å²) < 4.78 is 18.1. The van der Waals surface area contributed by atoms with Gasteiger partial charge in [0.2, 0.25) is 0 Å². The zero-order valence-electron chi connectivity index (χ0n) is 8.39. The lowest BCUT2D eigenvalue weighted by atomic mass is 10.1. The Labute approximate surface area is 105 Å². The van der Waals surface area contributed by atoms with E-state index in [0.29, 0.717) is 0 Å². The molecule has 1 rings (SSSR count). The van der Waals surface area contributed by atoms with Crippen LogP contribution in [0.4, 0.5) is 10.1 Å². The lowest BCUT2D eigenvalue weighted by Gasteiger charge is -2.10. The van der Waals surface area contributed by atoms with Crippen molar-refractivity contribution in [3.8, 4) is 0 Å². The van der Waals surface area contributed by atoms with Gasteiger partial charge in [0.25, 0.3) is 0 Å². The average Bonchev–Trinajstić information content (AvgIpc) is 2.25. The summed E-state index contributed by atoms with van der Waals surface area (Å²) in [7, 11) is 0. The number of nitrogens with zero attached hydrogens (tertiary/aromatic N) is 1. The summed E-state index contributed by atoms with van der Waals surface area (Å²) in [5.41, 5.74) is 5.30. The molecular weight excluding hydrogens is 302 g/mol. The van der Waals surface area contributed by atoms with Crippen LogP contribution in [0.15, 0.2) is 0 Å². The fraction of sp³-hybridized carbons (Fsp3) is 0.333. The van der Waals surface area contributed by atoms with Gasteiger partial charge in [0.15, 0.2) is 11.0 Å². The van der Waals surface area contributed by atoms with Gasteiger partial charge in [-0.15, -0.1) is 0 Å². The Kier molecular flexibility index (Phi) is 4.49. The molecule has 0 unspecified atom stereocenters. The summed E-state index contributed by atoms with van der Waals surface area (Å²) in [5.74, 6) is -1.62. The van der Waals surface area contributed by atoms with Crippen molar-refractivity contribution >= 4 is 39.2 Å². The van der Waals surface area contributed by atoms with E-state index in [-0.39, 0.29) is 34.0 Å². The first-order valence-electron chi connectivity index (χ1n) is 4.39. The molecule has 0 aliphatic carbocycles. The maximum atomic E-state index is 13.4. The summed E-state index contributed by atoms with van der Waals surface area (Å²) >= 11 is 8.63. The van der Waals surface area contributed by atoms with Crippen LogP contribution >= 0.6 is 27.5 Å². The molecule has 1 heterocycles. The Morgan fingerprint density at radius 3 is 2.81 bits per heavy atom. The lowest BCUT2D eigenvalue weighted by molar-refractivity contribution is 0.0525. The highest BCUT2D eigenvalue weighted by atomic mass is 79.9. The molecule has 0 aromatic carbocycles. The standard InChI is InChI=1S/C9H9BrClFN2O2/c1-2-16-9(15)5-4(3-10)14-8(11)6(12)7(5)13/h2-3H2,1H3,(H2,13,14). The van der Waals surface area contributed by atoms with Crippen LogP contribution in [0.1, 0.15) is 23.0 Å². The van der Waals surface area contributed by atoms with E-state index in [1.54, 1.807) is 6.92 Å². The zero-order valence-corrected chi connectivity index (χ0v) is 10.7. The summed E-state index contributed by atoms with van der Waals surface area (Å²) in [6.07, 6.45) is 0. The number of anilines is 1. The van der Waals surface area contributed by atoms with Gasteiger partial charge in [0.05, 0.1) is 18.0 Å². The number of rotatable bonds is 3. The number of esters is 1. The van der Waals surface area contributed by atoms with E-state index in [9.17, 15) is 9.18 Å². The molecule has 2 N–H and O–H groups in total. The molecule has 4 nitrogen and oxygen atoms in total. The summed E-state index contributed by atoms with van der Waals surface area (Å²) in [5, 5.41) is -0.134. The molecule has 0 bridgehead atoms. The van der Waals surface area contributed by atoms with Crippen LogP contribution in [-0.4, -0.2) is 17.6 Å². The molecule has 0 aliphatic rings. The highest BCUT2D eigenvalue weighted by molar-refractivity contribution is 9.08. The molecule has 0 fully saturated rings. The number of carbonyl (C=O) groups excluding carboxylic acids is 1. The predicted octanol–water partition coefficient (Wildman–Crippen LogP) is 2.53. The first-order valence-corrected chi connectivity index (χ1v) is 5.89. The fourth-order valence-electron chi connectivity index (χ4n) is 1.13. The minimum atomic E-state index is -0.908. The lowest BCUT2D eigenvalue weighted by Crippen LogP contribution is -2.14. The van der Waals surface area contributed by atoms with E-state index in [0.717, 1.165) is 0 Å². The highest BCUT2D eigenvalue weighted by Crippen LogP contribution is 2.26. The number of hydrogen-bond acceptors (Lipinski definition) is 4. The maximum Gasteiger partial charge on any atom is 0.342 e. The Bertz CT molecular complexity index is 428. The molecule has 0 atom stereocenters. The van der Waals surface area contributed by atoms with Gasteiger partial charge in [-0.25, -0.2) is 14.2 Å². The number of nitrogens with two attached hydrogens (primary N) is 1. The van der Waals surface area contributed by atoms with Crippen LogP contribution in [0, 0.1) is 5.82 Å². The number of pyridine rings is 1. The van der Waals surface area contributed by atoms with Gasteiger partial charge in [-0.3, -0.25) is 0 Å². The summed E-state index contributed by atoms with van der Waals surface area (Å²) in [6.45, 7) is 1.81. The molecule has 88 valence electrons. The number of carbonyl (C=O) groups is 1. The second-order valence-corrected chi connectivity index (χ2v) is 3.72. The van der Waals surface area contributed by atoms with Crippen LogP contribution in [0.5, 0.6) is 0 Å². The van der Waals surface area contributed by atoms with Gasteiger partial charge in [-0.1, -0.05) is 27.5 Å². The van der Waals surface area contributed by atoms with Crippen molar-refractivity contribution in [3.05, 3.63) is 22.2 Å². The molecule has 1 aromatic heterocycles. The van der Waals surface area contributed by atoms with E-state index in [2.05, 4.69) is 20.9 Å². The Hall–Kier alpha value is -0.880. The van der Waals surface area contributed by atoms with Gasteiger partial charge >= 0.3 is 5.97 Å². The van der Waals surface area contributed by atoms with Crippen molar-refractivity contribution in [3.63, 3.8) is 0 Å². The van der Waals surface area contributed by atoms with Crippen molar-refractivity contribution in [1.29, 1.82) is 0 Å². The topological polar surface area (TPSA) is 65.2 Å². The molecule has 0 aliphatic heterocycles. The monoisotopic (exact) mass is 310 g/mol. The molecule has 1 aromatic rings. The molecular formula is C9H9BrClFN2O2. The quantitative estimate of drug-likeness (QED) is 0.529. The van der Waals surface area contributed by atoms with Crippen LogP contribution in [-0.2, 0) is 10.1 Å². The average molecular weight is 312 g/mol. The maximum absolute atomic E-state index is 13.4. The highest BCUT2D eigenvalue weighted by Gasteiger charge is 2.22. The molecule has 0 saturated heterocycles. The van der Waals surface area contributed by atoms with Gasteiger partial charge in [-0.05, 0) is 6.92 Å². The Morgan fingerprint density at radius 1 is 1.69 bits per heavy atom. The summed E-state index contributed by atoms with van der Waals surface area (Å²) in [4.78, 5) is 15.3. The molecule has 16 heavy (non-hydrogen) atoms. The molecule has 0 spiro atoms. The van der Waals surface area contributed by atoms with E-state index in [1.165, 1.54) is 0 Å². The first-order chi connectivity index (χ1) is 7.52. The minimum Gasteiger partial charge on any atom is -0.462 e. The van der Waals surface area contributed by atoms with Gasteiger partial charge < -0.3 is 10.5 Å². The zero-order chi connectivity index (χ0) is 12.3. The normalized spacial score (nSPS) is 10.2. The second-order valence-electron chi connectivity index (χ2n) is 2.81. The van der Waals surface area contributed by atoms with Crippen LogP contribution in [0.25, 0.3) is 0 Å². The number of alkyl halides is 1. The van der Waals surface area contributed by atoms with Crippen molar-refractivity contribution in [1.82, 2.24) is 4.98 Å². The fourth-order valence-corrected chi connectivity index (χ4v) is 1.74. The molecule has 0 saturated carbocycles. The van der Waals surface area contributed by atoms with Gasteiger partial charge in [0.1, 0.15) is 5.56 Å². The number of aromatic nitrogens is 1. The Morgan fingerprint density at radius 2 is 2.31 bits per heavy atom. The van der Waals surface area contributed by atoms with E-state index in [1.807, 2.05) is 0 Å². The SMILES string of the molecule is CCOC(=O)c1c(CBr)nc(Cl)c(F)c1N. The van der Waals surface area contributed by atoms with Gasteiger partial charge in [-0.2, -0.15) is 0 Å². The van der Waals surface area contributed by atoms with Gasteiger partial charge in [0, 0.05) is 5.33 Å². The van der Waals surface area contributed by atoms with Crippen LogP contribution < -0.4 is 5.73 Å². The smallest absolute Gasteiger partial charge is 0.342 e. The third-order valence-corrected chi connectivity index (χ3v) is 2.60. The third-order valence-electron chi connectivity index (χ3n) is 1.81. The van der Waals surface area contributed by atoms with Crippen molar-refractivity contribution in [2.75, 3.05) is 12.3 Å². The number of halogens is 3. The van der Waals surface area contributed by atoms with Crippen molar-refractivity contribution in [2.24, 2.45) is 0 Å².